The number of ether oxygens (including phenoxy) is 2. The third-order valence-corrected chi connectivity index (χ3v) is 3.05. The lowest BCUT2D eigenvalue weighted by Crippen LogP contribution is -2.37. The lowest BCUT2D eigenvalue weighted by atomic mass is 10.2. The maximum Gasteiger partial charge on any atom is 0.199 e. The van der Waals surface area contributed by atoms with Crippen molar-refractivity contribution in [2.24, 2.45) is 0 Å². The summed E-state index contributed by atoms with van der Waals surface area (Å²) in [6, 6.07) is 0.135. The number of halogens is 1. The van der Waals surface area contributed by atoms with Gasteiger partial charge in [-0.2, -0.15) is 0 Å². The molecule has 1 fully saturated rings. The Morgan fingerprint density at radius 1 is 1.59 bits per heavy atom. The van der Waals surface area contributed by atoms with E-state index >= 15 is 0 Å². The number of nitrogens with zero attached hydrogens (tertiary/aromatic N) is 2. The molecule has 0 unspecified atom stereocenters. The molecular formula is C10H15ClN4O2. The predicted octanol–water partition coefficient (Wildman–Crippen LogP) is 0.468. The number of anilines is 1. The summed E-state index contributed by atoms with van der Waals surface area (Å²) < 4.78 is 10.9. The molecule has 94 valence electrons. The molecule has 1 aromatic heterocycles. The summed E-state index contributed by atoms with van der Waals surface area (Å²) in [5.74, 6) is 0.578. The van der Waals surface area contributed by atoms with E-state index in [9.17, 15) is 0 Å². The highest BCUT2D eigenvalue weighted by atomic mass is 35.5. The molecule has 0 spiro atoms. The zero-order valence-electron chi connectivity index (χ0n) is 9.52. The topological polar surface area (TPSA) is 82.3 Å². The highest BCUT2D eigenvalue weighted by molar-refractivity contribution is 6.31. The Labute approximate surface area is 104 Å². The first-order valence-corrected chi connectivity index (χ1v) is 5.75. The molecule has 0 saturated carbocycles. The fourth-order valence-corrected chi connectivity index (χ4v) is 2.06. The third-order valence-electron chi connectivity index (χ3n) is 2.78. The van der Waals surface area contributed by atoms with Gasteiger partial charge in [-0.1, -0.05) is 11.6 Å². The minimum absolute atomic E-state index is 0.135. The molecule has 1 aromatic rings. The highest BCUT2D eigenvalue weighted by Gasteiger charge is 2.27. The number of methoxy groups -OCH3 is 1. The summed E-state index contributed by atoms with van der Waals surface area (Å²) in [5, 5.41) is 3.52. The van der Waals surface area contributed by atoms with Gasteiger partial charge in [-0.05, 0) is 13.0 Å². The lowest BCUT2D eigenvalue weighted by Gasteiger charge is -2.19. The number of aromatic nitrogens is 2. The minimum Gasteiger partial charge on any atom is -0.485 e. The fraction of sp³-hybridized carbons (Fsp3) is 0.600. The van der Waals surface area contributed by atoms with Crippen molar-refractivity contribution in [1.29, 1.82) is 0 Å². The first kappa shape index (κ1) is 12.3. The van der Waals surface area contributed by atoms with Gasteiger partial charge >= 0.3 is 0 Å². The van der Waals surface area contributed by atoms with E-state index < -0.39 is 0 Å². The van der Waals surface area contributed by atoms with Crippen molar-refractivity contribution >= 4 is 17.4 Å². The highest BCUT2D eigenvalue weighted by Crippen LogP contribution is 2.27. The van der Waals surface area contributed by atoms with Crippen molar-refractivity contribution in [2.75, 3.05) is 26.0 Å². The van der Waals surface area contributed by atoms with Crippen molar-refractivity contribution in [3.05, 3.63) is 11.5 Å². The molecule has 3 N–H and O–H groups in total. The maximum atomic E-state index is 5.88. The predicted molar refractivity (Wildman–Crippen MR) is 64.2 cm³/mol. The largest absolute Gasteiger partial charge is 0.485 e. The van der Waals surface area contributed by atoms with Gasteiger partial charge in [0.1, 0.15) is 12.9 Å². The Morgan fingerprint density at radius 2 is 2.41 bits per heavy atom. The van der Waals surface area contributed by atoms with Crippen LogP contribution in [0.25, 0.3) is 0 Å². The van der Waals surface area contributed by atoms with Gasteiger partial charge in [-0.3, -0.25) is 0 Å². The average molecular weight is 259 g/mol. The standard InChI is InChI=1S/C10H15ClN4O2/c1-16-7-2-3-13-6(7)4-17-8-9(11)14-5-15-10(8)12/h5-7,13H,2-4H2,1H3,(H2,12,14,15)/t6-,7+/m1/s1. The van der Waals surface area contributed by atoms with E-state index in [1.165, 1.54) is 6.33 Å². The summed E-state index contributed by atoms with van der Waals surface area (Å²) in [5.41, 5.74) is 5.66. The lowest BCUT2D eigenvalue weighted by molar-refractivity contribution is 0.0748. The van der Waals surface area contributed by atoms with Gasteiger partial charge in [0.15, 0.2) is 16.7 Å². The third kappa shape index (κ3) is 2.77. The van der Waals surface area contributed by atoms with E-state index in [-0.39, 0.29) is 23.1 Å². The number of nitrogen functional groups attached to an aromatic ring is 1. The van der Waals surface area contributed by atoms with Crippen LogP contribution in [0.15, 0.2) is 6.33 Å². The molecule has 2 rings (SSSR count). The van der Waals surface area contributed by atoms with Gasteiger partial charge in [0, 0.05) is 7.11 Å². The van der Waals surface area contributed by atoms with Crippen LogP contribution in [0.5, 0.6) is 5.75 Å². The number of hydrogen-bond acceptors (Lipinski definition) is 6. The molecule has 0 amide bonds. The molecule has 0 aromatic carbocycles. The monoisotopic (exact) mass is 258 g/mol. The zero-order valence-corrected chi connectivity index (χ0v) is 10.3. The number of nitrogens with two attached hydrogens (primary N) is 1. The van der Waals surface area contributed by atoms with Crippen LogP contribution in [0.3, 0.4) is 0 Å². The van der Waals surface area contributed by atoms with E-state index in [1.807, 2.05) is 0 Å². The van der Waals surface area contributed by atoms with Gasteiger partial charge in [0.2, 0.25) is 0 Å². The molecule has 1 aliphatic heterocycles. The fourth-order valence-electron chi connectivity index (χ4n) is 1.86. The van der Waals surface area contributed by atoms with Gasteiger partial charge in [-0.15, -0.1) is 0 Å². The molecule has 6 nitrogen and oxygen atoms in total. The van der Waals surface area contributed by atoms with Crippen LogP contribution >= 0.6 is 11.6 Å². The summed E-state index contributed by atoms with van der Waals surface area (Å²) >= 11 is 5.88. The maximum absolute atomic E-state index is 5.88. The van der Waals surface area contributed by atoms with Crippen LogP contribution in [0, 0.1) is 0 Å². The second-order valence-corrected chi connectivity index (χ2v) is 4.17. The van der Waals surface area contributed by atoms with Crippen molar-refractivity contribution in [3.63, 3.8) is 0 Å². The number of nitrogens with one attached hydrogen (secondary N) is 1. The second kappa shape index (κ2) is 5.48. The molecular weight excluding hydrogens is 244 g/mol. The molecule has 1 aliphatic rings. The molecule has 2 heterocycles. The van der Waals surface area contributed by atoms with Crippen LogP contribution in [0.1, 0.15) is 6.42 Å². The second-order valence-electron chi connectivity index (χ2n) is 3.81. The average Bonchev–Trinajstić information content (AvgIpc) is 2.76. The molecule has 1 saturated heterocycles. The van der Waals surface area contributed by atoms with Crippen molar-refractivity contribution in [1.82, 2.24) is 15.3 Å². The van der Waals surface area contributed by atoms with E-state index in [4.69, 9.17) is 26.8 Å². The van der Waals surface area contributed by atoms with E-state index in [1.54, 1.807) is 7.11 Å². The molecule has 7 heteroatoms. The van der Waals surface area contributed by atoms with E-state index in [2.05, 4.69) is 15.3 Å². The molecule has 0 bridgehead atoms. The number of rotatable bonds is 4. The Kier molecular flexibility index (Phi) is 3.98. The SMILES string of the molecule is CO[C@H]1CCN[C@@H]1COc1c(N)ncnc1Cl. The molecule has 0 radical (unpaired) electrons. The zero-order chi connectivity index (χ0) is 12.3. The Balaban J connectivity index is 1.98. The van der Waals surface area contributed by atoms with E-state index in [0.29, 0.717) is 12.4 Å². The minimum atomic E-state index is 0.135. The Bertz CT molecular complexity index is 370. The van der Waals surface area contributed by atoms with Gasteiger partial charge < -0.3 is 20.5 Å². The van der Waals surface area contributed by atoms with Crippen LogP contribution in [0.2, 0.25) is 5.15 Å². The van der Waals surface area contributed by atoms with Crippen LogP contribution in [-0.2, 0) is 4.74 Å². The summed E-state index contributed by atoms with van der Waals surface area (Å²) in [7, 11) is 1.69. The van der Waals surface area contributed by atoms with Crippen LogP contribution in [-0.4, -0.2) is 42.4 Å². The van der Waals surface area contributed by atoms with Crippen molar-refractivity contribution < 1.29 is 9.47 Å². The summed E-state index contributed by atoms with van der Waals surface area (Å²) in [6.07, 6.45) is 2.43. The van der Waals surface area contributed by atoms with Crippen molar-refractivity contribution in [3.8, 4) is 5.75 Å². The molecule has 2 atom stereocenters. The van der Waals surface area contributed by atoms with Gasteiger partial charge in [0.05, 0.1) is 12.1 Å². The summed E-state index contributed by atoms with van der Waals surface area (Å²) in [6.45, 7) is 1.34. The first-order chi connectivity index (χ1) is 8.22. The Morgan fingerprint density at radius 3 is 3.12 bits per heavy atom. The first-order valence-electron chi connectivity index (χ1n) is 5.37. The normalized spacial score (nSPS) is 23.9. The van der Waals surface area contributed by atoms with Gasteiger partial charge in [0.25, 0.3) is 0 Å². The van der Waals surface area contributed by atoms with E-state index in [0.717, 1.165) is 13.0 Å². The summed E-state index contributed by atoms with van der Waals surface area (Å²) in [4.78, 5) is 7.65. The van der Waals surface area contributed by atoms with Crippen LogP contribution < -0.4 is 15.8 Å². The van der Waals surface area contributed by atoms with Crippen molar-refractivity contribution in [2.45, 2.75) is 18.6 Å². The number of hydrogen-bond donors (Lipinski definition) is 2. The Hall–Kier alpha value is -1.11. The molecule has 0 aliphatic carbocycles. The van der Waals surface area contributed by atoms with Crippen LogP contribution in [0.4, 0.5) is 5.82 Å². The quantitative estimate of drug-likeness (QED) is 0.764. The molecule has 17 heavy (non-hydrogen) atoms. The smallest absolute Gasteiger partial charge is 0.199 e. The van der Waals surface area contributed by atoms with Gasteiger partial charge in [-0.25, -0.2) is 9.97 Å².